The lowest BCUT2D eigenvalue weighted by molar-refractivity contribution is -0.159. The first-order valence-corrected chi connectivity index (χ1v) is 12.2. The minimum absolute atomic E-state index is 0.00202. The Balaban J connectivity index is 2.49. The van der Waals surface area contributed by atoms with Crippen LogP contribution >= 0.6 is 23.2 Å². The smallest absolute Gasteiger partial charge is 0.341 e. The van der Waals surface area contributed by atoms with E-state index in [1.165, 1.54) is 6.08 Å². The number of halogens is 12. The molecule has 0 aliphatic rings. The molecule has 230 valence electrons. The molecule has 4 nitrogen and oxygen atoms in total. The summed E-state index contributed by atoms with van der Waals surface area (Å²) in [4.78, 5) is 24.8. The van der Waals surface area contributed by atoms with E-state index < -0.39 is 76.9 Å². The number of carbonyl (C=O) groups is 2. The summed E-state index contributed by atoms with van der Waals surface area (Å²) >= 11 is 11.9. The summed E-state index contributed by atoms with van der Waals surface area (Å²) in [6, 6.07) is 1.10. The molecule has 42 heavy (non-hydrogen) atoms. The van der Waals surface area contributed by atoms with Crippen molar-refractivity contribution >= 4 is 46.9 Å². The SMILES string of the molecule is C=Cc1c(Cl)cc(C(/C=C(\F)c2ccc(C(=O)N[C@H](C)C(=O)N(C)CC(F)(F)F)c(C(F)(F)F)c2)C(F)(F)F)cc1Cl. The number of alkyl halides is 9. The molecular formula is C26H20Cl2F10N2O2. The van der Waals surface area contributed by atoms with Gasteiger partial charge in [0.15, 0.2) is 0 Å². The summed E-state index contributed by atoms with van der Waals surface area (Å²) in [6.07, 6.45) is -14.1. The molecule has 16 heteroatoms. The molecule has 0 aromatic heterocycles. The molecule has 1 N–H and O–H groups in total. The van der Waals surface area contributed by atoms with E-state index in [0.717, 1.165) is 26.1 Å². The van der Waals surface area contributed by atoms with Crippen molar-refractivity contribution in [2.75, 3.05) is 13.6 Å². The van der Waals surface area contributed by atoms with E-state index in [9.17, 15) is 49.1 Å². The van der Waals surface area contributed by atoms with Crippen molar-refractivity contribution in [1.82, 2.24) is 10.2 Å². The highest BCUT2D eigenvalue weighted by Crippen LogP contribution is 2.42. The molecule has 2 aromatic rings. The fraction of sp³-hybridized carbons (Fsp3) is 0.308. The highest BCUT2D eigenvalue weighted by molar-refractivity contribution is 6.37. The van der Waals surface area contributed by atoms with Crippen LogP contribution in [0.25, 0.3) is 11.9 Å². The molecule has 0 heterocycles. The second-order valence-corrected chi connectivity index (χ2v) is 9.71. The molecule has 0 aliphatic heterocycles. The highest BCUT2D eigenvalue weighted by Gasteiger charge is 2.41. The Morgan fingerprint density at radius 3 is 2.00 bits per heavy atom. The molecule has 0 saturated heterocycles. The van der Waals surface area contributed by atoms with E-state index in [1.807, 2.05) is 5.32 Å². The van der Waals surface area contributed by atoms with E-state index in [4.69, 9.17) is 23.2 Å². The minimum Gasteiger partial charge on any atom is -0.341 e. The van der Waals surface area contributed by atoms with Gasteiger partial charge in [-0.05, 0) is 42.8 Å². The quantitative estimate of drug-likeness (QED) is 0.291. The molecule has 0 radical (unpaired) electrons. The Morgan fingerprint density at radius 1 is 1.00 bits per heavy atom. The van der Waals surface area contributed by atoms with Crippen LogP contribution in [-0.4, -0.2) is 48.7 Å². The summed E-state index contributed by atoms with van der Waals surface area (Å²) in [5.74, 6) is -7.28. The molecule has 0 saturated carbocycles. The van der Waals surface area contributed by atoms with Gasteiger partial charge in [-0.2, -0.15) is 39.5 Å². The first-order valence-electron chi connectivity index (χ1n) is 11.5. The number of amides is 2. The van der Waals surface area contributed by atoms with Gasteiger partial charge < -0.3 is 10.2 Å². The topological polar surface area (TPSA) is 49.4 Å². The summed E-state index contributed by atoms with van der Waals surface area (Å²) in [5.41, 5.74) is -4.46. The predicted molar refractivity (Wildman–Crippen MR) is 136 cm³/mol. The van der Waals surface area contributed by atoms with Crippen molar-refractivity contribution in [3.8, 4) is 0 Å². The minimum atomic E-state index is -5.34. The molecule has 2 rings (SSSR count). The van der Waals surface area contributed by atoms with Crippen LogP contribution in [0.15, 0.2) is 43.0 Å². The largest absolute Gasteiger partial charge is 0.417 e. The molecule has 0 bridgehead atoms. The molecule has 2 atom stereocenters. The van der Waals surface area contributed by atoms with E-state index in [1.54, 1.807) is 0 Å². The van der Waals surface area contributed by atoms with Crippen LogP contribution < -0.4 is 5.32 Å². The summed E-state index contributed by atoms with van der Waals surface area (Å²) < 4.78 is 136. The number of benzene rings is 2. The van der Waals surface area contributed by atoms with Gasteiger partial charge in [0.25, 0.3) is 5.91 Å². The third-order valence-electron chi connectivity index (χ3n) is 5.69. The number of nitrogens with zero attached hydrogens (tertiary/aromatic N) is 1. The zero-order valence-corrected chi connectivity index (χ0v) is 22.9. The van der Waals surface area contributed by atoms with Crippen LogP contribution in [-0.2, 0) is 11.0 Å². The number of allylic oxidation sites excluding steroid dienone is 1. The molecule has 0 fully saturated rings. The van der Waals surface area contributed by atoms with Crippen LogP contribution in [0.4, 0.5) is 43.9 Å². The van der Waals surface area contributed by atoms with E-state index >= 15 is 4.39 Å². The zero-order chi connectivity index (χ0) is 32.4. The van der Waals surface area contributed by atoms with Crippen molar-refractivity contribution < 1.29 is 53.5 Å². The fourth-order valence-corrected chi connectivity index (χ4v) is 4.40. The van der Waals surface area contributed by atoms with Gasteiger partial charge >= 0.3 is 18.5 Å². The summed E-state index contributed by atoms with van der Waals surface area (Å²) in [6.45, 7) is 2.64. The molecule has 0 aliphatic carbocycles. The van der Waals surface area contributed by atoms with Gasteiger partial charge in [0.05, 0.1) is 11.1 Å². The van der Waals surface area contributed by atoms with E-state index in [2.05, 4.69) is 6.58 Å². The molecule has 0 spiro atoms. The average Bonchev–Trinajstić information content (AvgIpc) is 2.83. The lowest BCUT2D eigenvalue weighted by Gasteiger charge is -2.23. The molecular weight excluding hydrogens is 633 g/mol. The summed E-state index contributed by atoms with van der Waals surface area (Å²) in [7, 11) is 0.757. The monoisotopic (exact) mass is 652 g/mol. The molecule has 2 amide bonds. The van der Waals surface area contributed by atoms with Crippen LogP contribution in [0.2, 0.25) is 10.0 Å². The Labute approximate surface area is 242 Å². The number of nitrogens with one attached hydrogen (secondary N) is 1. The van der Waals surface area contributed by atoms with Crippen molar-refractivity contribution in [2.24, 2.45) is 0 Å². The second-order valence-electron chi connectivity index (χ2n) is 8.90. The third-order valence-corrected chi connectivity index (χ3v) is 6.31. The Bertz CT molecular complexity index is 1360. The zero-order valence-electron chi connectivity index (χ0n) is 21.4. The maximum Gasteiger partial charge on any atom is 0.417 e. The van der Waals surface area contributed by atoms with Gasteiger partial charge in [-0.25, -0.2) is 4.39 Å². The Hall–Kier alpha value is -3.26. The van der Waals surface area contributed by atoms with Crippen LogP contribution in [0.3, 0.4) is 0 Å². The van der Waals surface area contributed by atoms with Crippen LogP contribution in [0.1, 0.15) is 45.5 Å². The number of carbonyl (C=O) groups excluding carboxylic acids is 2. The fourth-order valence-electron chi connectivity index (χ4n) is 3.74. The third kappa shape index (κ3) is 8.87. The highest BCUT2D eigenvalue weighted by atomic mass is 35.5. The Morgan fingerprint density at radius 2 is 1.55 bits per heavy atom. The Kier molecular flexibility index (Phi) is 10.8. The summed E-state index contributed by atoms with van der Waals surface area (Å²) in [5, 5.41) is 1.34. The first-order chi connectivity index (χ1) is 19.1. The van der Waals surface area contributed by atoms with E-state index in [-0.39, 0.29) is 32.7 Å². The number of rotatable bonds is 8. The molecule has 2 aromatic carbocycles. The average molecular weight is 653 g/mol. The lowest BCUT2D eigenvalue weighted by atomic mass is 9.94. The maximum atomic E-state index is 15.1. The van der Waals surface area contributed by atoms with Gasteiger partial charge in [-0.1, -0.05) is 41.9 Å². The maximum absolute atomic E-state index is 15.1. The van der Waals surface area contributed by atoms with Crippen molar-refractivity contribution in [1.29, 1.82) is 0 Å². The van der Waals surface area contributed by atoms with Gasteiger partial charge in [-0.3, -0.25) is 9.59 Å². The number of likely N-dealkylation sites (N-methyl/N-ethyl adjacent to an activating group) is 1. The predicted octanol–water partition coefficient (Wildman–Crippen LogP) is 8.45. The van der Waals surface area contributed by atoms with Gasteiger partial charge in [0, 0.05) is 28.2 Å². The lowest BCUT2D eigenvalue weighted by Crippen LogP contribution is -2.48. The van der Waals surface area contributed by atoms with Gasteiger partial charge in [-0.15, -0.1) is 0 Å². The van der Waals surface area contributed by atoms with E-state index in [0.29, 0.717) is 12.1 Å². The number of hydrogen-bond donors (Lipinski definition) is 1. The van der Waals surface area contributed by atoms with Crippen LogP contribution in [0, 0.1) is 0 Å². The molecule has 1 unspecified atom stereocenters. The van der Waals surface area contributed by atoms with Crippen LogP contribution in [0.5, 0.6) is 0 Å². The van der Waals surface area contributed by atoms with Gasteiger partial charge in [0.1, 0.15) is 24.3 Å². The normalized spacial score (nSPS) is 14.3. The van der Waals surface area contributed by atoms with Crippen molar-refractivity contribution in [3.05, 3.63) is 80.8 Å². The standard InChI is InChI=1S/C26H20Cl2F10N2O2/c1-4-15-19(27)8-14(9-20(15)28)17(25(33,34)35)10-21(29)13-5-6-16(18(7-13)26(36,37)38)22(41)39-12(2)23(42)40(3)11-24(30,31)32/h4-10,12,17H,1,11H2,2-3H3,(H,39,41)/b21-10-/t12-,17?/m1/s1. The number of hydrogen-bond acceptors (Lipinski definition) is 2. The van der Waals surface area contributed by atoms with Crippen molar-refractivity contribution in [3.63, 3.8) is 0 Å². The second kappa shape index (κ2) is 12.9. The first kappa shape index (κ1) is 34.9. The van der Waals surface area contributed by atoms with Crippen molar-refractivity contribution in [2.45, 2.75) is 37.4 Å². The van der Waals surface area contributed by atoms with Gasteiger partial charge in [0.2, 0.25) is 5.91 Å².